The molecule has 0 aliphatic heterocycles. The first-order chi connectivity index (χ1) is 9.29. The SMILES string of the molecule is CCNC(CC(C)C(C)(C)C)c1ccc(OC)cc1Br. The van der Waals surface area contributed by atoms with E-state index in [0.717, 1.165) is 23.2 Å². The van der Waals surface area contributed by atoms with Crippen molar-refractivity contribution in [1.29, 1.82) is 0 Å². The zero-order chi connectivity index (χ0) is 15.3. The molecule has 1 N–H and O–H groups in total. The molecule has 1 rings (SSSR count). The number of rotatable bonds is 6. The third-order valence-electron chi connectivity index (χ3n) is 4.10. The van der Waals surface area contributed by atoms with Gasteiger partial charge in [-0.25, -0.2) is 0 Å². The zero-order valence-corrected chi connectivity index (χ0v) is 15.2. The molecule has 0 aliphatic rings. The van der Waals surface area contributed by atoms with Gasteiger partial charge in [0.05, 0.1) is 7.11 Å². The fourth-order valence-electron chi connectivity index (χ4n) is 2.19. The van der Waals surface area contributed by atoms with Gasteiger partial charge in [0.1, 0.15) is 5.75 Å². The van der Waals surface area contributed by atoms with E-state index in [2.05, 4.69) is 61.9 Å². The summed E-state index contributed by atoms with van der Waals surface area (Å²) in [5.41, 5.74) is 1.64. The first kappa shape index (κ1) is 17.5. The van der Waals surface area contributed by atoms with Crippen molar-refractivity contribution in [2.45, 2.75) is 47.1 Å². The maximum atomic E-state index is 5.27. The maximum absolute atomic E-state index is 5.27. The number of halogens is 1. The minimum atomic E-state index is 0.326. The van der Waals surface area contributed by atoms with Gasteiger partial charge in [-0.05, 0) is 42.0 Å². The molecule has 0 bridgehead atoms. The topological polar surface area (TPSA) is 21.3 Å². The quantitative estimate of drug-likeness (QED) is 0.769. The number of benzene rings is 1. The van der Waals surface area contributed by atoms with Gasteiger partial charge in [0.25, 0.3) is 0 Å². The lowest BCUT2D eigenvalue weighted by Crippen LogP contribution is -2.27. The molecule has 0 spiro atoms. The summed E-state index contributed by atoms with van der Waals surface area (Å²) in [6.45, 7) is 12.4. The Bertz CT molecular complexity index is 425. The highest BCUT2D eigenvalue weighted by molar-refractivity contribution is 9.10. The van der Waals surface area contributed by atoms with Gasteiger partial charge in [0.2, 0.25) is 0 Å². The average Bonchev–Trinajstić information content (AvgIpc) is 2.37. The minimum Gasteiger partial charge on any atom is -0.497 e. The molecule has 0 aromatic heterocycles. The second-order valence-electron chi connectivity index (χ2n) is 6.50. The minimum absolute atomic E-state index is 0.326. The molecule has 2 unspecified atom stereocenters. The van der Waals surface area contributed by atoms with Crippen molar-refractivity contribution in [1.82, 2.24) is 5.32 Å². The summed E-state index contributed by atoms with van der Waals surface area (Å²) in [6, 6.07) is 6.61. The van der Waals surface area contributed by atoms with Gasteiger partial charge >= 0.3 is 0 Å². The summed E-state index contributed by atoms with van der Waals surface area (Å²) in [6.07, 6.45) is 1.13. The van der Waals surface area contributed by atoms with Crippen molar-refractivity contribution in [3.05, 3.63) is 28.2 Å². The molecule has 2 atom stereocenters. The first-order valence-electron chi connectivity index (χ1n) is 7.36. The van der Waals surface area contributed by atoms with Gasteiger partial charge in [0, 0.05) is 10.5 Å². The molecular formula is C17H28BrNO. The van der Waals surface area contributed by atoms with Gasteiger partial charge in [-0.3, -0.25) is 0 Å². The van der Waals surface area contributed by atoms with E-state index in [9.17, 15) is 0 Å². The maximum Gasteiger partial charge on any atom is 0.120 e. The van der Waals surface area contributed by atoms with Crippen LogP contribution in [0.4, 0.5) is 0 Å². The monoisotopic (exact) mass is 341 g/mol. The molecule has 1 aromatic carbocycles. The Hall–Kier alpha value is -0.540. The van der Waals surface area contributed by atoms with Gasteiger partial charge < -0.3 is 10.1 Å². The summed E-state index contributed by atoms with van der Waals surface area (Å²) in [4.78, 5) is 0. The molecule has 20 heavy (non-hydrogen) atoms. The molecule has 114 valence electrons. The van der Waals surface area contributed by atoms with Gasteiger partial charge in [0.15, 0.2) is 0 Å². The van der Waals surface area contributed by atoms with E-state index in [0.29, 0.717) is 17.4 Å². The molecule has 0 radical (unpaired) electrons. The van der Waals surface area contributed by atoms with Crippen LogP contribution < -0.4 is 10.1 Å². The van der Waals surface area contributed by atoms with Crippen molar-refractivity contribution in [2.24, 2.45) is 11.3 Å². The molecule has 0 aliphatic carbocycles. The number of hydrogen-bond acceptors (Lipinski definition) is 2. The Balaban J connectivity index is 2.96. The number of methoxy groups -OCH3 is 1. The Morgan fingerprint density at radius 2 is 1.95 bits per heavy atom. The van der Waals surface area contributed by atoms with Crippen LogP contribution in [0.25, 0.3) is 0 Å². The van der Waals surface area contributed by atoms with Crippen LogP contribution in [0.15, 0.2) is 22.7 Å². The van der Waals surface area contributed by atoms with E-state index < -0.39 is 0 Å². The molecule has 2 nitrogen and oxygen atoms in total. The van der Waals surface area contributed by atoms with Gasteiger partial charge in [-0.1, -0.05) is 56.6 Å². The Labute approximate surface area is 132 Å². The normalized spacial score (nSPS) is 14.9. The highest BCUT2D eigenvalue weighted by atomic mass is 79.9. The summed E-state index contributed by atoms with van der Waals surface area (Å²) in [5.74, 6) is 1.53. The fraction of sp³-hybridized carbons (Fsp3) is 0.647. The predicted molar refractivity (Wildman–Crippen MR) is 90.3 cm³/mol. The Morgan fingerprint density at radius 3 is 2.40 bits per heavy atom. The van der Waals surface area contributed by atoms with Crippen LogP contribution in [0.1, 0.15) is 52.6 Å². The summed E-state index contributed by atoms with van der Waals surface area (Å²) < 4.78 is 6.39. The van der Waals surface area contributed by atoms with Crippen molar-refractivity contribution >= 4 is 15.9 Å². The lowest BCUT2D eigenvalue weighted by Gasteiger charge is -2.31. The molecule has 0 fully saturated rings. The molecule has 0 amide bonds. The smallest absolute Gasteiger partial charge is 0.120 e. The van der Waals surface area contributed by atoms with Crippen LogP contribution in [0.5, 0.6) is 5.75 Å². The van der Waals surface area contributed by atoms with Gasteiger partial charge in [-0.2, -0.15) is 0 Å². The second kappa shape index (κ2) is 7.46. The van der Waals surface area contributed by atoms with E-state index >= 15 is 0 Å². The summed E-state index contributed by atoms with van der Waals surface area (Å²) in [5, 5.41) is 3.61. The second-order valence-corrected chi connectivity index (χ2v) is 7.35. The van der Waals surface area contributed by atoms with E-state index in [-0.39, 0.29) is 0 Å². The standard InChI is InChI=1S/C17H28BrNO/c1-7-19-16(10-12(2)17(3,4)5)14-9-8-13(20-6)11-15(14)18/h8-9,11-12,16,19H,7,10H2,1-6H3. The number of nitrogens with one attached hydrogen (secondary N) is 1. The van der Waals surface area contributed by atoms with E-state index in [1.165, 1.54) is 5.56 Å². The van der Waals surface area contributed by atoms with Crippen LogP contribution in [0.2, 0.25) is 0 Å². The largest absolute Gasteiger partial charge is 0.497 e. The highest BCUT2D eigenvalue weighted by Gasteiger charge is 2.25. The van der Waals surface area contributed by atoms with Crippen LogP contribution in [-0.4, -0.2) is 13.7 Å². The third-order valence-corrected chi connectivity index (χ3v) is 4.79. The van der Waals surface area contributed by atoms with Crippen molar-refractivity contribution in [2.75, 3.05) is 13.7 Å². The number of ether oxygens (including phenoxy) is 1. The first-order valence-corrected chi connectivity index (χ1v) is 8.15. The van der Waals surface area contributed by atoms with Crippen LogP contribution in [0, 0.1) is 11.3 Å². The average molecular weight is 342 g/mol. The Kier molecular flexibility index (Phi) is 6.53. The van der Waals surface area contributed by atoms with Crippen molar-refractivity contribution < 1.29 is 4.74 Å². The zero-order valence-electron chi connectivity index (χ0n) is 13.6. The van der Waals surface area contributed by atoms with Crippen molar-refractivity contribution in [3.63, 3.8) is 0 Å². The predicted octanol–water partition coefficient (Wildman–Crippen LogP) is 5.18. The molecule has 0 saturated carbocycles. The van der Waals surface area contributed by atoms with Crippen molar-refractivity contribution in [3.8, 4) is 5.75 Å². The molecule has 3 heteroatoms. The number of hydrogen-bond donors (Lipinski definition) is 1. The van der Waals surface area contributed by atoms with Crippen LogP contribution in [-0.2, 0) is 0 Å². The van der Waals surface area contributed by atoms with Gasteiger partial charge in [-0.15, -0.1) is 0 Å². The molecule has 0 saturated heterocycles. The van der Waals surface area contributed by atoms with E-state index in [1.54, 1.807) is 7.11 Å². The summed E-state index contributed by atoms with van der Waals surface area (Å²) in [7, 11) is 1.70. The van der Waals surface area contributed by atoms with Crippen LogP contribution in [0.3, 0.4) is 0 Å². The molecule has 1 aromatic rings. The summed E-state index contributed by atoms with van der Waals surface area (Å²) >= 11 is 3.68. The molecule has 0 heterocycles. The van der Waals surface area contributed by atoms with Crippen LogP contribution >= 0.6 is 15.9 Å². The lowest BCUT2D eigenvalue weighted by molar-refractivity contribution is 0.223. The third kappa shape index (κ3) is 4.78. The fourth-order valence-corrected chi connectivity index (χ4v) is 2.83. The van der Waals surface area contributed by atoms with E-state index in [4.69, 9.17) is 4.74 Å². The lowest BCUT2D eigenvalue weighted by atomic mass is 9.77. The Morgan fingerprint density at radius 1 is 1.30 bits per heavy atom. The molecular weight excluding hydrogens is 314 g/mol. The van der Waals surface area contributed by atoms with E-state index in [1.807, 2.05) is 12.1 Å². The highest BCUT2D eigenvalue weighted by Crippen LogP contribution is 2.36.